The van der Waals surface area contributed by atoms with Crippen molar-refractivity contribution >= 4 is 0 Å². The average molecular weight is 289 g/mol. The number of methoxy groups -OCH3 is 1. The Morgan fingerprint density at radius 1 is 1.24 bits per heavy atom. The van der Waals surface area contributed by atoms with Gasteiger partial charge in [-0.2, -0.15) is 5.10 Å². The molecule has 5 nitrogen and oxygen atoms in total. The lowest BCUT2D eigenvalue weighted by atomic mass is 10.1. The maximum atomic E-state index is 10.3. The van der Waals surface area contributed by atoms with Gasteiger partial charge in [-0.1, -0.05) is 13.8 Å². The molecule has 1 N–H and O–H groups in total. The number of hydrogen-bond acceptors (Lipinski definition) is 4. The zero-order chi connectivity index (χ0) is 15.2. The summed E-state index contributed by atoms with van der Waals surface area (Å²) in [7, 11) is 1.57. The monoisotopic (exact) mass is 289 g/mol. The summed E-state index contributed by atoms with van der Waals surface area (Å²) >= 11 is 0. The van der Waals surface area contributed by atoms with Crippen LogP contribution in [0.1, 0.15) is 50.1 Å². The lowest BCUT2D eigenvalue weighted by Crippen LogP contribution is -2.09. The van der Waals surface area contributed by atoms with Crippen molar-refractivity contribution in [2.24, 2.45) is 0 Å². The van der Waals surface area contributed by atoms with Gasteiger partial charge in [-0.15, -0.1) is 0 Å². The first-order valence-electron chi connectivity index (χ1n) is 7.39. The van der Waals surface area contributed by atoms with Gasteiger partial charge in [0.15, 0.2) is 0 Å². The molecule has 0 aliphatic carbocycles. The molecule has 2 rings (SSSR count). The van der Waals surface area contributed by atoms with Crippen molar-refractivity contribution in [3.63, 3.8) is 0 Å². The molecule has 2 aromatic heterocycles. The van der Waals surface area contributed by atoms with Gasteiger partial charge >= 0.3 is 0 Å². The number of hydrogen-bond donors (Lipinski definition) is 1. The van der Waals surface area contributed by atoms with E-state index in [0.717, 1.165) is 24.1 Å². The molecular formula is C16H23N3O2. The maximum absolute atomic E-state index is 10.3. The molecule has 5 heteroatoms. The molecule has 0 aliphatic heterocycles. The minimum atomic E-state index is -0.603. The molecule has 0 saturated heterocycles. The van der Waals surface area contributed by atoms with Gasteiger partial charge in [0, 0.05) is 24.9 Å². The zero-order valence-corrected chi connectivity index (χ0v) is 12.9. The van der Waals surface area contributed by atoms with Gasteiger partial charge in [0.05, 0.1) is 24.9 Å². The molecule has 21 heavy (non-hydrogen) atoms. The maximum Gasteiger partial charge on any atom is 0.212 e. The summed E-state index contributed by atoms with van der Waals surface area (Å²) in [5.41, 5.74) is 1.66. The van der Waals surface area contributed by atoms with E-state index in [9.17, 15) is 5.11 Å². The Bertz CT molecular complexity index is 547. The number of pyridine rings is 1. The van der Waals surface area contributed by atoms with Gasteiger partial charge in [0.1, 0.15) is 0 Å². The van der Waals surface area contributed by atoms with Crippen LogP contribution in [-0.2, 0) is 6.42 Å². The molecule has 2 aromatic rings. The summed E-state index contributed by atoms with van der Waals surface area (Å²) in [6.07, 6.45) is 5.63. The predicted molar refractivity (Wildman–Crippen MR) is 81.3 cm³/mol. The second-order valence-electron chi connectivity index (χ2n) is 5.11. The van der Waals surface area contributed by atoms with Crippen LogP contribution in [0.2, 0.25) is 0 Å². The first kappa shape index (κ1) is 15.5. The lowest BCUT2D eigenvalue weighted by molar-refractivity contribution is 0.176. The number of aliphatic hydroxyl groups excluding tert-OH is 1. The molecule has 1 atom stereocenters. The van der Waals surface area contributed by atoms with Crippen LogP contribution in [0.15, 0.2) is 30.6 Å². The van der Waals surface area contributed by atoms with E-state index in [1.54, 1.807) is 19.4 Å². The normalized spacial score (nSPS) is 12.6. The summed E-state index contributed by atoms with van der Waals surface area (Å²) < 4.78 is 7.01. The van der Waals surface area contributed by atoms with Gasteiger partial charge < -0.3 is 9.84 Å². The van der Waals surface area contributed by atoms with E-state index >= 15 is 0 Å². The van der Waals surface area contributed by atoms with Crippen molar-refractivity contribution in [3.8, 4) is 5.88 Å². The second-order valence-corrected chi connectivity index (χ2v) is 5.11. The van der Waals surface area contributed by atoms with Crippen LogP contribution >= 0.6 is 0 Å². The van der Waals surface area contributed by atoms with Crippen LogP contribution in [0.3, 0.4) is 0 Å². The molecule has 0 radical (unpaired) electrons. The van der Waals surface area contributed by atoms with E-state index in [4.69, 9.17) is 4.74 Å². The van der Waals surface area contributed by atoms with Gasteiger partial charge in [-0.3, -0.25) is 4.68 Å². The quantitative estimate of drug-likeness (QED) is 0.851. The fourth-order valence-electron chi connectivity index (χ4n) is 2.38. The van der Waals surface area contributed by atoms with E-state index < -0.39 is 6.10 Å². The van der Waals surface area contributed by atoms with Crippen molar-refractivity contribution < 1.29 is 9.84 Å². The molecule has 0 aliphatic rings. The van der Waals surface area contributed by atoms with Crippen LogP contribution in [0, 0.1) is 0 Å². The van der Waals surface area contributed by atoms with Gasteiger partial charge in [-0.25, -0.2) is 4.98 Å². The summed E-state index contributed by atoms with van der Waals surface area (Å²) in [5.74, 6) is 0.545. The van der Waals surface area contributed by atoms with Gasteiger partial charge in [0.25, 0.3) is 0 Å². The first-order chi connectivity index (χ1) is 10.2. The highest BCUT2D eigenvalue weighted by Gasteiger charge is 2.13. The Morgan fingerprint density at radius 3 is 2.57 bits per heavy atom. The number of aliphatic hydroxyl groups is 1. The number of rotatable bonds is 7. The Morgan fingerprint density at radius 2 is 2.00 bits per heavy atom. The highest BCUT2D eigenvalue weighted by Crippen LogP contribution is 2.20. The Kier molecular flexibility index (Phi) is 5.33. The van der Waals surface area contributed by atoms with E-state index in [2.05, 4.69) is 23.9 Å². The van der Waals surface area contributed by atoms with Crippen LogP contribution in [0.25, 0.3) is 0 Å². The number of aromatic nitrogens is 3. The smallest absolute Gasteiger partial charge is 0.212 e. The van der Waals surface area contributed by atoms with Crippen molar-refractivity contribution in [1.29, 1.82) is 0 Å². The third-order valence-corrected chi connectivity index (χ3v) is 3.74. The molecule has 1 unspecified atom stereocenters. The summed E-state index contributed by atoms with van der Waals surface area (Å²) in [6, 6.07) is 5.98. The minimum Gasteiger partial charge on any atom is -0.481 e. The number of nitrogens with zero attached hydrogens (tertiary/aromatic N) is 3. The van der Waals surface area contributed by atoms with Crippen LogP contribution in [-0.4, -0.2) is 27.0 Å². The first-order valence-corrected chi connectivity index (χ1v) is 7.39. The summed E-state index contributed by atoms with van der Waals surface area (Å²) in [5, 5.41) is 14.8. The molecule has 114 valence electrons. The predicted octanol–water partition coefficient (Wildman–Crippen LogP) is 2.92. The van der Waals surface area contributed by atoms with Crippen LogP contribution < -0.4 is 4.74 Å². The van der Waals surface area contributed by atoms with E-state index in [-0.39, 0.29) is 0 Å². The molecular weight excluding hydrogens is 266 g/mol. The standard InChI is InChI=1S/C16H23N3O2/c1-4-14(5-2)19-9-8-13(18-19)10-15(20)12-6-7-16(21-3)17-11-12/h6-9,11,14-15,20H,4-5,10H2,1-3H3. The minimum absolute atomic E-state index is 0.429. The highest BCUT2D eigenvalue weighted by atomic mass is 16.5. The Hall–Kier alpha value is -1.88. The lowest BCUT2D eigenvalue weighted by Gasteiger charge is -2.13. The second kappa shape index (κ2) is 7.22. The molecule has 0 aromatic carbocycles. The largest absolute Gasteiger partial charge is 0.481 e. The topological polar surface area (TPSA) is 60.2 Å². The van der Waals surface area contributed by atoms with Crippen molar-refractivity contribution in [2.75, 3.05) is 7.11 Å². The van der Waals surface area contributed by atoms with E-state index in [1.807, 2.05) is 23.0 Å². The third-order valence-electron chi connectivity index (χ3n) is 3.74. The van der Waals surface area contributed by atoms with E-state index in [1.165, 1.54) is 0 Å². The highest BCUT2D eigenvalue weighted by molar-refractivity contribution is 5.21. The fourth-order valence-corrected chi connectivity index (χ4v) is 2.38. The molecule has 0 amide bonds. The summed E-state index contributed by atoms with van der Waals surface area (Å²) in [4.78, 5) is 4.11. The zero-order valence-electron chi connectivity index (χ0n) is 12.9. The van der Waals surface area contributed by atoms with Gasteiger partial charge in [0.2, 0.25) is 5.88 Å². The fraction of sp³-hybridized carbons (Fsp3) is 0.500. The SMILES string of the molecule is CCC(CC)n1ccc(CC(O)c2ccc(OC)nc2)n1. The van der Waals surface area contributed by atoms with Crippen LogP contribution in [0.5, 0.6) is 5.88 Å². The number of ether oxygens (including phenoxy) is 1. The molecule has 0 bridgehead atoms. The Labute approximate surface area is 125 Å². The Balaban J connectivity index is 2.03. The van der Waals surface area contributed by atoms with Gasteiger partial charge in [-0.05, 0) is 30.5 Å². The summed E-state index contributed by atoms with van der Waals surface area (Å²) in [6.45, 7) is 4.32. The molecule has 2 heterocycles. The van der Waals surface area contributed by atoms with Crippen molar-refractivity contribution in [2.45, 2.75) is 45.3 Å². The molecule has 0 saturated carbocycles. The van der Waals surface area contributed by atoms with Crippen LogP contribution in [0.4, 0.5) is 0 Å². The molecule has 0 spiro atoms. The molecule has 0 fully saturated rings. The third kappa shape index (κ3) is 3.82. The average Bonchev–Trinajstić information content (AvgIpc) is 2.97. The van der Waals surface area contributed by atoms with Crippen molar-refractivity contribution in [1.82, 2.24) is 14.8 Å². The van der Waals surface area contributed by atoms with Crippen molar-refractivity contribution in [3.05, 3.63) is 41.9 Å². The van der Waals surface area contributed by atoms with E-state index in [0.29, 0.717) is 18.3 Å².